The fraction of sp³-hybridized carbons (Fsp3) is 0.100. The van der Waals surface area contributed by atoms with Gasteiger partial charge in [0, 0.05) is 5.56 Å². The number of aromatic nitrogens is 3. The Balaban J connectivity index is 2.48. The Morgan fingerprint density at radius 1 is 1.38 bits per heavy atom. The number of hydrogen-bond donors (Lipinski definition) is 1. The molecule has 0 aliphatic heterocycles. The van der Waals surface area contributed by atoms with Crippen LogP contribution in [-0.2, 0) is 0 Å². The van der Waals surface area contributed by atoms with Crippen molar-refractivity contribution in [1.82, 2.24) is 15.2 Å². The van der Waals surface area contributed by atoms with E-state index in [0.717, 1.165) is 5.56 Å². The third kappa shape index (κ3) is 2.04. The molecule has 0 fully saturated rings. The Hall–Kier alpha value is -1.88. The quantitative estimate of drug-likeness (QED) is 0.860. The van der Waals surface area contributed by atoms with Crippen LogP contribution in [0.3, 0.4) is 0 Å². The Kier molecular flexibility index (Phi) is 2.87. The largest absolute Gasteiger partial charge is 0.497 e. The van der Waals surface area contributed by atoms with Crippen LogP contribution in [0.15, 0.2) is 24.4 Å². The summed E-state index contributed by atoms with van der Waals surface area (Å²) in [7, 11) is 1.58. The Morgan fingerprint density at radius 2 is 2.19 bits per heavy atom. The molecule has 1 aromatic heterocycles. The molecule has 82 valence electrons. The van der Waals surface area contributed by atoms with Crippen molar-refractivity contribution in [3.63, 3.8) is 0 Å². The minimum Gasteiger partial charge on any atom is -0.497 e. The molecule has 0 bridgehead atoms. The van der Waals surface area contributed by atoms with Gasteiger partial charge in [-0.15, -0.1) is 5.10 Å². The van der Waals surface area contributed by atoms with E-state index in [1.807, 2.05) is 0 Å². The van der Waals surface area contributed by atoms with Crippen molar-refractivity contribution in [2.24, 2.45) is 0 Å². The van der Waals surface area contributed by atoms with Gasteiger partial charge in [-0.3, -0.25) is 0 Å². The molecule has 0 unspecified atom stereocenters. The molecule has 6 heteroatoms. The van der Waals surface area contributed by atoms with Gasteiger partial charge in [-0.05, 0) is 18.2 Å². The van der Waals surface area contributed by atoms with Crippen molar-refractivity contribution in [3.05, 3.63) is 29.4 Å². The summed E-state index contributed by atoms with van der Waals surface area (Å²) in [5, 5.41) is 7.82. The molecule has 0 aliphatic carbocycles. The van der Waals surface area contributed by atoms with Gasteiger partial charge in [-0.2, -0.15) is 5.10 Å². The minimum atomic E-state index is 0.115. The second-order valence-corrected chi connectivity index (χ2v) is 3.45. The Morgan fingerprint density at radius 3 is 2.81 bits per heavy atom. The van der Waals surface area contributed by atoms with Crippen molar-refractivity contribution < 1.29 is 4.74 Å². The second kappa shape index (κ2) is 4.32. The van der Waals surface area contributed by atoms with Gasteiger partial charge in [0.15, 0.2) is 0 Å². The summed E-state index contributed by atoms with van der Waals surface area (Å²) < 4.78 is 5.05. The van der Waals surface area contributed by atoms with E-state index in [0.29, 0.717) is 16.5 Å². The van der Waals surface area contributed by atoms with Crippen molar-refractivity contribution >= 4 is 17.5 Å². The lowest BCUT2D eigenvalue weighted by Crippen LogP contribution is -1.98. The molecular weight excluding hydrogens is 228 g/mol. The van der Waals surface area contributed by atoms with Crippen LogP contribution in [0, 0.1) is 0 Å². The summed E-state index contributed by atoms with van der Waals surface area (Å²) in [4.78, 5) is 4.04. The normalized spacial score (nSPS) is 10.1. The van der Waals surface area contributed by atoms with E-state index in [1.54, 1.807) is 25.3 Å². The molecule has 2 aromatic rings. The standard InChI is InChI=1S/C10H9ClN4O/c1-16-6-2-3-7(8(11)4-6)9-5-13-15-10(12)14-9/h2-5H,1H3,(H2,12,14,15). The first-order valence-electron chi connectivity index (χ1n) is 4.50. The van der Waals surface area contributed by atoms with Gasteiger partial charge in [-0.1, -0.05) is 11.6 Å². The molecule has 1 heterocycles. The fourth-order valence-electron chi connectivity index (χ4n) is 1.28. The maximum atomic E-state index is 6.09. The van der Waals surface area contributed by atoms with Gasteiger partial charge in [0.2, 0.25) is 5.95 Å². The number of ether oxygens (including phenoxy) is 1. The molecular formula is C10H9ClN4O. The summed E-state index contributed by atoms with van der Waals surface area (Å²) in [6.07, 6.45) is 1.50. The Bertz CT molecular complexity index is 518. The highest BCUT2D eigenvalue weighted by molar-refractivity contribution is 6.33. The first kappa shape index (κ1) is 10.6. The summed E-state index contributed by atoms with van der Waals surface area (Å²) in [6, 6.07) is 5.29. The van der Waals surface area contributed by atoms with Gasteiger partial charge in [0.25, 0.3) is 0 Å². The smallest absolute Gasteiger partial charge is 0.240 e. The maximum Gasteiger partial charge on any atom is 0.240 e. The molecule has 0 spiro atoms. The lowest BCUT2D eigenvalue weighted by atomic mass is 10.1. The van der Waals surface area contributed by atoms with Crippen LogP contribution in [0.1, 0.15) is 0 Å². The molecule has 16 heavy (non-hydrogen) atoms. The van der Waals surface area contributed by atoms with Gasteiger partial charge < -0.3 is 10.5 Å². The van der Waals surface area contributed by atoms with E-state index in [-0.39, 0.29) is 5.95 Å². The molecule has 0 saturated heterocycles. The number of nitrogens with two attached hydrogens (primary N) is 1. The molecule has 2 N–H and O–H groups in total. The van der Waals surface area contributed by atoms with Crippen LogP contribution in [-0.4, -0.2) is 22.3 Å². The van der Waals surface area contributed by atoms with Crippen LogP contribution in [0.5, 0.6) is 5.75 Å². The summed E-state index contributed by atoms with van der Waals surface area (Å²) in [5.74, 6) is 0.799. The van der Waals surface area contributed by atoms with E-state index in [9.17, 15) is 0 Å². The zero-order chi connectivity index (χ0) is 11.5. The average molecular weight is 237 g/mol. The van der Waals surface area contributed by atoms with Gasteiger partial charge in [0.1, 0.15) is 5.75 Å². The second-order valence-electron chi connectivity index (χ2n) is 3.05. The molecule has 0 radical (unpaired) electrons. The zero-order valence-electron chi connectivity index (χ0n) is 8.51. The van der Waals surface area contributed by atoms with Crippen molar-refractivity contribution in [2.45, 2.75) is 0 Å². The third-order valence-corrected chi connectivity index (χ3v) is 2.34. The fourth-order valence-corrected chi connectivity index (χ4v) is 1.54. The number of nitrogens with zero attached hydrogens (tertiary/aromatic N) is 3. The SMILES string of the molecule is COc1ccc(-c2cnnc(N)n2)c(Cl)c1. The lowest BCUT2D eigenvalue weighted by molar-refractivity contribution is 0.415. The lowest BCUT2D eigenvalue weighted by Gasteiger charge is -2.05. The highest BCUT2D eigenvalue weighted by Gasteiger charge is 2.07. The molecule has 2 rings (SSSR count). The first-order chi connectivity index (χ1) is 7.70. The topological polar surface area (TPSA) is 73.9 Å². The highest BCUT2D eigenvalue weighted by atomic mass is 35.5. The van der Waals surface area contributed by atoms with Crippen molar-refractivity contribution in [1.29, 1.82) is 0 Å². The minimum absolute atomic E-state index is 0.115. The predicted molar refractivity (Wildman–Crippen MR) is 61.2 cm³/mol. The number of nitrogen functional groups attached to an aromatic ring is 1. The molecule has 5 nitrogen and oxygen atoms in total. The highest BCUT2D eigenvalue weighted by Crippen LogP contribution is 2.29. The van der Waals surface area contributed by atoms with E-state index >= 15 is 0 Å². The van der Waals surface area contributed by atoms with Crippen LogP contribution < -0.4 is 10.5 Å². The predicted octanol–water partition coefficient (Wildman–Crippen LogP) is 1.78. The van der Waals surface area contributed by atoms with Gasteiger partial charge in [0.05, 0.1) is 24.0 Å². The van der Waals surface area contributed by atoms with Gasteiger partial charge in [-0.25, -0.2) is 4.98 Å². The van der Waals surface area contributed by atoms with Crippen LogP contribution >= 0.6 is 11.6 Å². The van der Waals surface area contributed by atoms with Crippen molar-refractivity contribution in [2.75, 3.05) is 12.8 Å². The van der Waals surface area contributed by atoms with E-state index < -0.39 is 0 Å². The van der Waals surface area contributed by atoms with Gasteiger partial charge >= 0.3 is 0 Å². The summed E-state index contributed by atoms with van der Waals surface area (Å²) in [6.45, 7) is 0. The van der Waals surface area contributed by atoms with E-state index in [4.69, 9.17) is 22.1 Å². The van der Waals surface area contributed by atoms with E-state index in [2.05, 4.69) is 15.2 Å². The molecule has 0 saturated carbocycles. The number of benzene rings is 1. The molecule has 0 amide bonds. The Labute approximate surface area is 97.2 Å². The number of halogens is 1. The number of hydrogen-bond acceptors (Lipinski definition) is 5. The number of anilines is 1. The number of rotatable bonds is 2. The van der Waals surface area contributed by atoms with Crippen LogP contribution in [0.25, 0.3) is 11.3 Å². The monoisotopic (exact) mass is 236 g/mol. The molecule has 0 aliphatic rings. The third-order valence-electron chi connectivity index (χ3n) is 2.03. The first-order valence-corrected chi connectivity index (χ1v) is 4.87. The maximum absolute atomic E-state index is 6.09. The van der Waals surface area contributed by atoms with E-state index in [1.165, 1.54) is 6.20 Å². The van der Waals surface area contributed by atoms with Crippen molar-refractivity contribution in [3.8, 4) is 17.0 Å². The van der Waals surface area contributed by atoms with Crippen LogP contribution in [0.2, 0.25) is 5.02 Å². The average Bonchev–Trinajstić information content (AvgIpc) is 2.28. The molecule has 1 aromatic carbocycles. The van der Waals surface area contributed by atoms with Crippen LogP contribution in [0.4, 0.5) is 5.95 Å². The zero-order valence-corrected chi connectivity index (χ0v) is 9.27. The number of methoxy groups -OCH3 is 1. The molecule has 0 atom stereocenters. The summed E-state index contributed by atoms with van der Waals surface area (Å²) >= 11 is 6.09. The summed E-state index contributed by atoms with van der Waals surface area (Å²) in [5.41, 5.74) is 6.77.